The lowest BCUT2D eigenvalue weighted by molar-refractivity contribution is 0.0170. The summed E-state index contributed by atoms with van der Waals surface area (Å²) in [6, 6.07) is 6.69. The van der Waals surface area contributed by atoms with Gasteiger partial charge in [-0.2, -0.15) is 0 Å². The number of ether oxygens (including phenoxy) is 1. The van der Waals surface area contributed by atoms with E-state index in [0.717, 1.165) is 25.2 Å². The molecule has 6 nitrogen and oxygen atoms in total. The first kappa shape index (κ1) is 19.3. The molecule has 24 heavy (non-hydrogen) atoms. The van der Waals surface area contributed by atoms with Gasteiger partial charge in [-0.3, -0.25) is 0 Å². The molecule has 2 N–H and O–H groups in total. The minimum atomic E-state index is -3.17. The van der Waals surface area contributed by atoms with E-state index in [-0.39, 0.29) is 12.1 Å². The van der Waals surface area contributed by atoms with Gasteiger partial charge < -0.3 is 20.1 Å². The van der Waals surface area contributed by atoms with Crippen LogP contribution in [0.5, 0.6) is 0 Å². The Balaban J connectivity index is 1.86. The average molecular weight is 356 g/mol. The summed E-state index contributed by atoms with van der Waals surface area (Å²) in [5, 5.41) is 13.7. The van der Waals surface area contributed by atoms with Crippen molar-refractivity contribution in [2.24, 2.45) is 0 Å². The summed E-state index contributed by atoms with van der Waals surface area (Å²) in [5.41, 5.74) is 0.974. The fourth-order valence-electron chi connectivity index (χ4n) is 2.86. The highest BCUT2D eigenvalue weighted by Crippen LogP contribution is 2.17. The van der Waals surface area contributed by atoms with Crippen LogP contribution in [0.15, 0.2) is 29.2 Å². The predicted octanol–water partition coefficient (Wildman–Crippen LogP) is 0.650. The Morgan fingerprint density at radius 1 is 1.25 bits per heavy atom. The molecule has 3 atom stereocenters. The second-order valence-electron chi connectivity index (χ2n) is 6.25. The molecule has 1 aliphatic heterocycles. The van der Waals surface area contributed by atoms with Gasteiger partial charge in [0.05, 0.1) is 29.8 Å². The molecule has 1 aliphatic rings. The summed E-state index contributed by atoms with van der Waals surface area (Å²) in [7, 11) is -3.17. The standard InChI is InChI=1S/C17H28N2O4S/c1-4-19(5-2)11-16-17(20)15(12-23-16)18-10-13-6-8-14(9-7-13)24(3,21)22/h6-9,15-18,20H,4-5,10-12H2,1-3H3/t15-,16-,17+/m0/s1. The maximum absolute atomic E-state index is 11.5. The van der Waals surface area contributed by atoms with Crippen LogP contribution >= 0.6 is 0 Å². The first-order chi connectivity index (χ1) is 11.3. The Labute approximate surface area is 144 Å². The third-order valence-corrected chi connectivity index (χ3v) is 5.66. The number of sulfone groups is 1. The van der Waals surface area contributed by atoms with Gasteiger partial charge >= 0.3 is 0 Å². The average Bonchev–Trinajstić information content (AvgIpc) is 2.90. The second-order valence-corrected chi connectivity index (χ2v) is 8.27. The van der Waals surface area contributed by atoms with Crippen LogP contribution in [0.4, 0.5) is 0 Å². The van der Waals surface area contributed by atoms with Gasteiger partial charge in [-0.25, -0.2) is 8.42 Å². The molecule has 0 bridgehead atoms. The highest BCUT2D eigenvalue weighted by molar-refractivity contribution is 7.90. The van der Waals surface area contributed by atoms with Gasteiger partial charge in [0.2, 0.25) is 0 Å². The lowest BCUT2D eigenvalue weighted by Gasteiger charge is -2.24. The monoisotopic (exact) mass is 356 g/mol. The molecule has 136 valence electrons. The van der Waals surface area contributed by atoms with E-state index in [1.165, 1.54) is 6.26 Å². The highest BCUT2D eigenvalue weighted by Gasteiger charge is 2.36. The van der Waals surface area contributed by atoms with Gasteiger partial charge in [0, 0.05) is 19.3 Å². The van der Waals surface area contributed by atoms with Crippen molar-refractivity contribution in [3.05, 3.63) is 29.8 Å². The van der Waals surface area contributed by atoms with E-state index in [1.54, 1.807) is 24.3 Å². The number of hydrogen-bond donors (Lipinski definition) is 2. The van der Waals surface area contributed by atoms with Gasteiger partial charge in [0.1, 0.15) is 0 Å². The van der Waals surface area contributed by atoms with E-state index in [4.69, 9.17) is 4.74 Å². The Kier molecular flexibility index (Phi) is 6.77. The number of hydrogen-bond acceptors (Lipinski definition) is 6. The number of benzene rings is 1. The van der Waals surface area contributed by atoms with Crippen molar-refractivity contribution in [2.45, 2.75) is 43.5 Å². The quantitative estimate of drug-likeness (QED) is 0.712. The fourth-order valence-corrected chi connectivity index (χ4v) is 3.49. The van der Waals surface area contributed by atoms with Crippen molar-refractivity contribution in [1.29, 1.82) is 0 Å². The molecule has 1 fully saturated rings. The van der Waals surface area contributed by atoms with Crippen molar-refractivity contribution < 1.29 is 18.3 Å². The third-order valence-electron chi connectivity index (χ3n) is 4.54. The number of aliphatic hydroxyl groups is 1. The van der Waals surface area contributed by atoms with Crippen LogP contribution < -0.4 is 5.32 Å². The zero-order valence-corrected chi connectivity index (χ0v) is 15.4. The predicted molar refractivity (Wildman–Crippen MR) is 93.7 cm³/mol. The topological polar surface area (TPSA) is 78.9 Å². The van der Waals surface area contributed by atoms with Gasteiger partial charge in [0.15, 0.2) is 9.84 Å². The largest absolute Gasteiger partial charge is 0.389 e. The molecule has 0 saturated carbocycles. The zero-order valence-electron chi connectivity index (χ0n) is 14.6. The van der Waals surface area contributed by atoms with E-state index >= 15 is 0 Å². The molecule has 0 spiro atoms. The maximum Gasteiger partial charge on any atom is 0.175 e. The molecule has 1 saturated heterocycles. The summed E-state index contributed by atoms with van der Waals surface area (Å²) < 4.78 is 28.6. The van der Waals surface area contributed by atoms with Crippen LogP contribution in [0.2, 0.25) is 0 Å². The molecule has 0 aromatic heterocycles. The lowest BCUT2D eigenvalue weighted by Crippen LogP contribution is -2.44. The summed E-state index contributed by atoms with van der Waals surface area (Å²) in [5.74, 6) is 0. The van der Waals surface area contributed by atoms with Crippen LogP contribution in [0.25, 0.3) is 0 Å². The molecule has 1 aromatic carbocycles. The van der Waals surface area contributed by atoms with E-state index in [0.29, 0.717) is 18.0 Å². The van der Waals surface area contributed by atoms with Crippen LogP contribution in [-0.2, 0) is 21.1 Å². The Hall–Kier alpha value is -0.990. The number of rotatable bonds is 8. The number of likely N-dealkylation sites (N-methyl/N-ethyl adjacent to an activating group) is 1. The van der Waals surface area contributed by atoms with Crippen LogP contribution in [-0.4, -0.2) is 69.2 Å². The van der Waals surface area contributed by atoms with Gasteiger partial charge in [-0.05, 0) is 30.8 Å². The Bertz CT molecular complexity index is 614. The van der Waals surface area contributed by atoms with E-state index in [2.05, 4.69) is 24.1 Å². The molecule has 1 heterocycles. The third kappa shape index (κ3) is 5.00. The highest BCUT2D eigenvalue weighted by atomic mass is 32.2. The Morgan fingerprint density at radius 3 is 2.42 bits per heavy atom. The summed E-state index contributed by atoms with van der Waals surface area (Å²) in [4.78, 5) is 2.55. The zero-order chi connectivity index (χ0) is 17.7. The normalized spacial score (nSPS) is 24.6. The van der Waals surface area contributed by atoms with Crippen molar-refractivity contribution in [3.8, 4) is 0 Å². The molecular weight excluding hydrogens is 328 g/mol. The molecule has 7 heteroatoms. The smallest absolute Gasteiger partial charge is 0.175 e. The molecule has 0 aliphatic carbocycles. The number of nitrogens with one attached hydrogen (secondary N) is 1. The van der Waals surface area contributed by atoms with E-state index in [1.807, 2.05) is 0 Å². The van der Waals surface area contributed by atoms with Gasteiger partial charge in [-0.1, -0.05) is 26.0 Å². The SMILES string of the molecule is CCN(CC)C[C@@H]1OC[C@H](NCc2ccc(S(C)(=O)=O)cc2)[C@H]1O. The number of aliphatic hydroxyl groups excluding tert-OH is 1. The summed E-state index contributed by atoms with van der Waals surface area (Å²) >= 11 is 0. The lowest BCUT2D eigenvalue weighted by atomic mass is 10.1. The number of nitrogens with zero attached hydrogens (tertiary/aromatic N) is 1. The van der Waals surface area contributed by atoms with Crippen LogP contribution in [0.1, 0.15) is 19.4 Å². The first-order valence-electron chi connectivity index (χ1n) is 8.39. The van der Waals surface area contributed by atoms with Crippen LogP contribution in [0, 0.1) is 0 Å². The van der Waals surface area contributed by atoms with E-state index in [9.17, 15) is 13.5 Å². The Morgan fingerprint density at radius 2 is 1.88 bits per heavy atom. The minimum absolute atomic E-state index is 0.111. The molecule has 0 radical (unpaired) electrons. The molecule has 0 unspecified atom stereocenters. The molecular formula is C17H28N2O4S. The van der Waals surface area contributed by atoms with Gasteiger partial charge in [0.25, 0.3) is 0 Å². The first-order valence-corrected chi connectivity index (χ1v) is 10.3. The van der Waals surface area contributed by atoms with Crippen LogP contribution in [0.3, 0.4) is 0 Å². The molecule has 1 aromatic rings. The maximum atomic E-state index is 11.5. The minimum Gasteiger partial charge on any atom is -0.389 e. The molecule has 0 amide bonds. The van der Waals surface area contributed by atoms with Gasteiger partial charge in [-0.15, -0.1) is 0 Å². The van der Waals surface area contributed by atoms with E-state index < -0.39 is 15.9 Å². The fraction of sp³-hybridized carbons (Fsp3) is 0.647. The molecule has 2 rings (SSSR count). The summed E-state index contributed by atoms with van der Waals surface area (Å²) in [6.45, 7) is 7.85. The summed E-state index contributed by atoms with van der Waals surface area (Å²) in [6.07, 6.45) is 0.485. The van der Waals surface area contributed by atoms with Crippen molar-refractivity contribution >= 4 is 9.84 Å². The van der Waals surface area contributed by atoms with Crippen molar-refractivity contribution in [3.63, 3.8) is 0 Å². The van der Waals surface area contributed by atoms with Crippen molar-refractivity contribution in [2.75, 3.05) is 32.5 Å². The second kappa shape index (κ2) is 8.40. The van der Waals surface area contributed by atoms with Crippen molar-refractivity contribution in [1.82, 2.24) is 10.2 Å².